The lowest BCUT2D eigenvalue weighted by Gasteiger charge is -2.39. The third-order valence-electron chi connectivity index (χ3n) is 4.26. The molecule has 0 radical (unpaired) electrons. The van der Waals surface area contributed by atoms with Crippen LogP contribution in [-0.4, -0.2) is 49.2 Å². The van der Waals surface area contributed by atoms with Gasteiger partial charge in [0.25, 0.3) is 0 Å². The Hall–Kier alpha value is -0.610. The third-order valence-corrected chi connectivity index (χ3v) is 4.26. The fraction of sp³-hybridized carbons (Fsp3) is 0.941. The number of ether oxygens (including phenoxy) is 1. The largest absolute Gasteiger partial charge is 0.379 e. The number of hydrogen-bond donors (Lipinski definition) is 1. The molecule has 0 aromatic heterocycles. The number of piperidine rings is 1. The number of hydrogen-bond acceptors (Lipinski definition) is 3. The molecule has 124 valence electrons. The van der Waals surface area contributed by atoms with E-state index in [4.69, 9.17) is 4.74 Å². The summed E-state index contributed by atoms with van der Waals surface area (Å²) in [6.07, 6.45) is 5.07. The van der Waals surface area contributed by atoms with Crippen molar-refractivity contribution in [3.8, 4) is 0 Å². The van der Waals surface area contributed by atoms with Gasteiger partial charge in [0.1, 0.15) is 0 Å². The second kappa shape index (κ2) is 8.74. The Morgan fingerprint density at radius 3 is 2.38 bits per heavy atom. The molecule has 0 spiro atoms. The van der Waals surface area contributed by atoms with Crippen LogP contribution in [0.15, 0.2) is 0 Å². The molecule has 0 aliphatic carbocycles. The lowest BCUT2D eigenvalue weighted by atomic mass is 9.77. The molecule has 1 amide bonds. The Kier molecular flexibility index (Phi) is 7.67. The average Bonchev–Trinajstić information content (AvgIpc) is 2.37. The quantitative estimate of drug-likeness (QED) is 0.701. The van der Waals surface area contributed by atoms with Crippen molar-refractivity contribution in [3.05, 3.63) is 0 Å². The van der Waals surface area contributed by atoms with Gasteiger partial charge >= 0.3 is 0 Å². The highest BCUT2D eigenvalue weighted by Crippen LogP contribution is 2.35. The van der Waals surface area contributed by atoms with Gasteiger partial charge in [0.2, 0.25) is 5.91 Å². The third kappa shape index (κ3) is 7.82. The van der Waals surface area contributed by atoms with Gasteiger partial charge < -0.3 is 10.1 Å². The van der Waals surface area contributed by atoms with Crippen LogP contribution in [0.25, 0.3) is 0 Å². The van der Waals surface area contributed by atoms with E-state index < -0.39 is 0 Å². The Labute approximate surface area is 130 Å². The molecule has 1 aliphatic heterocycles. The topological polar surface area (TPSA) is 41.6 Å². The monoisotopic (exact) mass is 298 g/mol. The van der Waals surface area contributed by atoms with Crippen LogP contribution < -0.4 is 5.32 Å². The van der Waals surface area contributed by atoms with E-state index >= 15 is 0 Å². The van der Waals surface area contributed by atoms with Gasteiger partial charge in [0, 0.05) is 12.6 Å². The van der Waals surface area contributed by atoms with Crippen molar-refractivity contribution in [2.45, 2.75) is 72.4 Å². The summed E-state index contributed by atoms with van der Waals surface area (Å²) in [6, 6.07) is 0.230. The van der Waals surface area contributed by atoms with E-state index in [2.05, 4.69) is 31.0 Å². The molecule has 4 heteroatoms. The van der Waals surface area contributed by atoms with Gasteiger partial charge in [-0.1, -0.05) is 6.92 Å². The van der Waals surface area contributed by atoms with Crippen LogP contribution in [0, 0.1) is 5.41 Å². The lowest BCUT2D eigenvalue weighted by Crippen LogP contribution is -2.45. The maximum atomic E-state index is 11.8. The first kappa shape index (κ1) is 18.4. The van der Waals surface area contributed by atoms with E-state index in [1.807, 2.05) is 13.8 Å². The van der Waals surface area contributed by atoms with Crippen molar-refractivity contribution in [1.29, 1.82) is 0 Å². The average molecular weight is 298 g/mol. The van der Waals surface area contributed by atoms with E-state index in [1.54, 1.807) is 0 Å². The highest BCUT2D eigenvalue weighted by atomic mass is 16.5. The summed E-state index contributed by atoms with van der Waals surface area (Å²) in [7, 11) is 0. The zero-order valence-corrected chi connectivity index (χ0v) is 14.6. The predicted octanol–water partition coefficient (Wildman–Crippen LogP) is 2.82. The second-order valence-corrected chi connectivity index (χ2v) is 7.33. The Bertz CT molecular complexity index is 308. The molecule has 21 heavy (non-hydrogen) atoms. The Balaban J connectivity index is 2.22. The van der Waals surface area contributed by atoms with Crippen LogP contribution in [0.1, 0.15) is 60.3 Å². The molecule has 1 saturated heterocycles. The van der Waals surface area contributed by atoms with E-state index in [-0.39, 0.29) is 11.9 Å². The summed E-state index contributed by atoms with van der Waals surface area (Å²) >= 11 is 0. The summed E-state index contributed by atoms with van der Waals surface area (Å²) in [6.45, 7) is 14.0. The minimum Gasteiger partial charge on any atom is -0.379 e. The van der Waals surface area contributed by atoms with Crippen LogP contribution in [0.5, 0.6) is 0 Å². The second-order valence-electron chi connectivity index (χ2n) is 7.33. The first-order valence-electron chi connectivity index (χ1n) is 8.44. The van der Waals surface area contributed by atoms with Crippen molar-refractivity contribution in [1.82, 2.24) is 10.2 Å². The van der Waals surface area contributed by atoms with Crippen LogP contribution >= 0.6 is 0 Å². The van der Waals surface area contributed by atoms with Crippen LogP contribution in [-0.2, 0) is 9.53 Å². The number of likely N-dealkylation sites (tertiary alicyclic amines) is 1. The van der Waals surface area contributed by atoms with Crippen molar-refractivity contribution in [3.63, 3.8) is 0 Å². The van der Waals surface area contributed by atoms with Gasteiger partial charge in [-0.05, 0) is 71.9 Å². The number of carbonyl (C=O) groups excluding carboxylic acids is 1. The molecule has 1 aliphatic rings. The molecule has 0 bridgehead atoms. The minimum absolute atomic E-state index is 0.152. The molecule has 1 rings (SSSR count). The SMILES string of the molecule is CC(C)NC(=O)CN1CCC(C)(CCCOC(C)C)CC1. The van der Waals surface area contributed by atoms with Gasteiger partial charge in [0.15, 0.2) is 0 Å². The molecule has 0 aromatic rings. The molecular formula is C17H34N2O2. The number of nitrogens with one attached hydrogen (secondary N) is 1. The highest BCUT2D eigenvalue weighted by molar-refractivity contribution is 5.78. The molecule has 1 fully saturated rings. The molecule has 0 unspecified atom stereocenters. The first-order valence-corrected chi connectivity index (χ1v) is 8.44. The van der Waals surface area contributed by atoms with Crippen molar-refractivity contribution < 1.29 is 9.53 Å². The molecule has 0 atom stereocenters. The molecule has 0 saturated carbocycles. The Morgan fingerprint density at radius 1 is 1.24 bits per heavy atom. The molecular weight excluding hydrogens is 264 g/mol. The fourth-order valence-corrected chi connectivity index (χ4v) is 2.89. The summed E-state index contributed by atoms with van der Waals surface area (Å²) in [5.74, 6) is 0.152. The first-order chi connectivity index (χ1) is 9.81. The van der Waals surface area contributed by atoms with Crippen LogP contribution in [0.2, 0.25) is 0 Å². The summed E-state index contributed by atoms with van der Waals surface area (Å²) in [4.78, 5) is 14.1. The number of carbonyl (C=O) groups is 1. The van der Waals surface area contributed by atoms with Crippen molar-refractivity contribution >= 4 is 5.91 Å². The van der Waals surface area contributed by atoms with E-state index in [0.717, 1.165) is 26.1 Å². The normalized spacial score (nSPS) is 19.2. The highest BCUT2D eigenvalue weighted by Gasteiger charge is 2.30. The molecule has 4 nitrogen and oxygen atoms in total. The summed E-state index contributed by atoms with van der Waals surface area (Å²) < 4.78 is 5.63. The minimum atomic E-state index is 0.152. The molecule has 0 aromatic carbocycles. The van der Waals surface area contributed by atoms with Crippen molar-refractivity contribution in [2.24, 2.45) is 5.41 Å². The Morgan fingerprint density at radius 2 is 1.86 bits per heavy atom. The van der Waals surface area contributed by atoms with Crippen LogP contribution in [0.4, 0.5) is 0 Å². The number of rotatable bonds is 8. The van der Waals surface area contributed by atoms with Gasteiger partial charge in [-0.2, -0.15) is 0 Å². The number of amides is 1. The number of nitrogens with zero attached hydrogens (tertiary/aromatic N) is 1. The van der Waals surface area contributed by atoms with Crippen LogP contribution in [0.3, 0.4) is 0 Å². The maximum Gasteiger partial charge on any atom is 0.234 e. The van der Waals surface area contributed by atoms with E-state index in [9.17, 15) is 4.79 Å². The van der Waals surface area contributed by atoms with Gasteiger partial charge in [-0.3, -0.25) is 9.69 Å². The smallest absolute Gasteiger partial charge is 0.234 e. The van der Waals surface area contributed by atoms with Crippen molar-refractivity contribution in [2.75, 3.05) is 26.2 Å². The van der Waals surface area contributed by atoms with Gasteiger partial charge in [-0.15, -0.1) is 0 Å². The summed E-state index contributed by atoms with van der Waals surface area (Å²) in [5, 5.41) is 2.97. The fourth-order valence-electron chi connectivity index (χ4n) is 2.89. The van der Waals surface area contributed by atoms with E-state index in [0.29, 0.717) is 18.1 Å². The molecule has 1 N–H and O–H groups in total. The van der Waals surface area contributed by atoms with Gasteiger partial charge in [0.05, 0.1) is 12.6 Å². The van der Waals surface area contributed by atoms with E-state index in [1.165, 1.54) is 19.3 Å². The zero-order chi connectivity index (χ0) is 15.9. The maximum absolute atomic E-state index is 11.8. The zero-order valence-electron chi connectivity index (χ0n) is 14.6. The van der Waals surface area contributed by atoms with Gasteiger partial charge in [-0.25, -0.2) is 0 Å². The standard InChI is InChI=1S/C17H34N2O2/c1-14(2)18-16(20)13-19-10-8-17(5,9-11-19)7-6-12-21-15(3)4/h14-15H,6-13H2,1-5H3,(H,18,20). The summed E-state index contributed by atoms with van der Waals surface area (Å²) in [5.41, 5.74) is 0.422. The predicted molar refractivity (Wildman–Crippen MR) is 87.4 cm³/mol. The lowest BCUT2D eigenvalue weighted by molar-refractivity contribution is -0.123. The molecule has 1 heterocycles.